The van der Waals surface area contributed by atoms with Crippen molar-refractivity contribution in [2.75, 3.05) is 11.9 Å². The van der Waals surface area contributed by atoms with Crippen LogP contribution >= 0.6 is 15.9 Å². The Labute approximate surface area is 155 Å². The topological polar surface area (TPSA) is 48.4 Å². The van der Waals surface area contributed by atoms with Crippen molar-refractivity contribution >= 4 is 30.2 Å². The third-order valence-corrected chi connectivity index (χ3v) is 9.59. The van der Waals surface area contributed by atoms with E-state index in [0.717, 1.165) is 11.3 Å². The molecular weight excluding hydrogens is 386 g/mol. The molecule has 1 unspecified atom stereocenters. The number of hydrogen-bond donors (Lipinski definition) is 0. The number of carbonyl (C=O) groups is 1. The smallest absolute Gasteiger partial charge is 0.306 e. The van der Waals surface area contributed by atoms with Gasteiger partial charge in [-0.3, -0.25) is 9.78 Å². The van der Waals surface area contributed by atoms with Crippen molar-refractivity contribution in [2.24, 2.45) is 0 Å². The predicted molar refractivity (Wildman–Crippen MR) is 104 cm³/mol. The van der Waals surface area contributed by atoms with Crippen molar-refractivity contribution in [2.45, 2.75) is 64.8 Å². The molecule has 136 valence electrons. The van der Waals surface area contributed by atoms with Crippen LogP contribution in [0.3, 0.4) is 0 Å². The first-order valence-corrected chi connectivity index (χ1v) is 12.5. The van der Waals surface area contributed by atoms with Crippen LogP contribution < -0.4 is 0 Å². The number of aromatic nitrogens is 1. The SMILES string of the molecule is CCOC(=O)CCc1cccnc1C(CBr)O[Si](C)(C)C(C)(C)C. The van der Waals surface area contributed by atoms with Crippen molar-refractivity contribution in [3.63, 3.8) is 0 Å². The molecule has 0 saturated carbocycles. The van der Waals surface area contributed by atoms with E-state index in [1.54, 1.807) is 6.20 Å². The molecule has 0 bridgehead atoms. The average Bonchev–Trinajstić information content (AvgIpc) is 2.50. The third kappa shape index (κ3) is 5.97. The lowest BCUT2D eigenvalue weighted by molar-refractivity contribution is -0.143. The summed E-state index contributed by atoms with van der Waals surface area (Å²) < 4.78 is 11.6. The first-order valence-electron chi connectivity index (χ1n) is 8.45. The van der Waals surface area contributed by atoms with Gasteiger partial charge in [0, 0.05) is 17.9 Å². The van der Waals surface area contributed by atoms with Crippen molar-refractivity contribution in [3.05, 3.63) is 29.6 Å². The standard InChI is InChI=1S/C18H30BrNO3Si/c1-7-22-16(21)11-10-14-9-8-12-20-17(14)15(13-19)23-24(5,6)18(2,3)4/h8-9,12,15H,7,10-11,13H2,1-6H3. The summed E-state index contributed by atoms with van der Waals surface area (Å²) in [6.45, 7) is 13.4. The second kappa shape index (κ2) is 9.11. The van der Waals surface area contributed by atoms with E-state index in [1.165, 1.54) is 0 Å². The minimum Gasteiger partial charge on any atom is -0.466 e. The Bertz CT molecular complexity index is 543. The maximum Gasteiger partial charge on any atom is 0.306 e. The molecule has 0 radical (unpaired) electrons. The summed E-state index contributed by atoms with van der Waals surface area (Å²) in [5.74, 6) is -0.173. The van der Waals surface area contributed by atoms with E-state index in [4.69, 9.17) is 9.16 Å². The lowest BCUT2D eigenvalue weighted by Crippen LogP contribution is -2.42. The molecule has 0 aliphatic rings. The molecule has 0 spiro atoms. The third-order valence-electron chi connectivity index (χ3n) is 4.52. The van der Waals surface area contributed by atoms with Crippen LogP contribution in [0.5, 0.6) is 0 Å². The molecule has 0 amide bonds. The van der Waals surface area contributed by atoms with Crippen molar-refractivity contribution in [1.29, 1.82) is 0 Å². The van der Waals surface area contributed by atoms with E-state index in [1.807, 2.05) is 19.1 Å². The number of carbonyl (C=O) groups excluding carboxylic acids is 1. The number of ether oxygens (including phenoxy) is 1. The van der Waals surface area contributed by atoms with E-state index >= 15 is 0 Å². The molecule has 0 N–H and O–H groups in total. The molecule has 1 atom stereocenters. The van der Waals surface area contributed by atoms with Gasteiger partial charge in [-0.15, -0.1) is 0 Å². The van der Waals surface area contributed by atoms with Crippen molar-refractivity contribution < 1.29 is 14.0 Å². The van der Waals surface area contributed by atoms with Gasteiger partial charge in [-0.1, -0.05) is 42.8 Å². The van der Waals surface area contributed by atoms with Crippen LogP contribution in [-0.2, 0) is 20.4 Å². The van der Waals surface area contributed by atoms with Gasteiger partial charge in [0.05, 0.1) is 18.4 Å². The van der Waals surface area contributed by atoms with Gasteiger partial charge in [-0.25, -0.2) is 0 Å². The van der Waals surface area contributed by atoms with Gasteiger partial charge < -0.3 is 9.16 Å². The maximum absolute atomic E-state index is 11.7. The Morgan fingerprint density at radius 3 is 2.58 bits per heavy atom. The zero-order valence-electron chi connectivity index (χ0n) is 15.7. The fourth-order valence-corrected chi connectivity index (χ4v) is 4.06. The van der Waals surface area contributed by atoms with E-state index in [9.17, 15) is 4.79 Å². The van der Waals surface area contributed by atoms with E-state index in [-0.39, 0.29) is 17.1 Å². The quantitative estimate of drug-likeness (QED) is 0.339. The number of rotatable bonds is 8. The molecule has 0 saturated heterocycles. The van der Waals surface area contributed by atoms with Crippen LogP contribution in [0.2, 0.25) is 18.1 Å². The van der Waals surface area contributed by atoms with E-state index < -0.39 is 8.32 Å². The van der Waals surface area contributed by atoms with E-state index in [2.05, 4.69) is 54.8 Å². The highest BCUT2D eigenvalue weighted by Gasteiger charge is 2.39. The van der Waals surface area contributed by atoms with Crippen LogP contribution in [0.4, 0.5) is 0 Å². The molecule has 0 aliphatic heterocycles. The average molecular weight is 416 g/mol. The number of hydrogen-bond acceptors (Lipinski definition) is 4. The summed E-state index contributed by atoms with van der Waals surface area (Å²) in [5, 5.41) is 0.816. The molecular formula is C18H30BrNO3Si. The normalized spacial score (nSPS) is 13.6. The second-order valence-corrected chi connectivity index (χ2v) is 12.8. The van der Waals surface area contributed by atoms with Gasteiger partial charge in [-0.2, -0.15) is 0 Å². The van der Waals surface area contributed by atoms with Gasteiger partial charge in [0.15, 0.2) is 8.32 Å². The Balaban J connectivity index is 2.96. The molecule has 6 heteroatoms. The first kappa shape index (κ1) is 21.3. The molecule has 1 aromatic rings. The van der Waals surface area contributed by atoms with Gasteiger partial charge in [0.1, 0.15) is 0 Å². The molecule has 4 nitrogen and oxygen atoms in total. The molecule has 1 heterocycles. The Kier molecular flexibility index (Phi) is 8.09. The monoisotopic (exact) mass is 415 g/mol. The largest absolute Gasteiger partial charge is 0.466 e. The van der Waals surface area contributed by atoms with Crippen LogP contribution in [0.25, 0.3) is 0 Å². The zero-order chi connectivity index (χ0) is 18.4. The van der Waals surface area contributed by atoms with Crippen LogP contribution in [-0.4, -0.2) is 31.2 Å². The fraction of sp³-hybridized carbons (Fsp3) is 0.667. The summed E-state index contributed by atoms with van der Waals surface area (Å²) in [6, 6.07) is 3.92. The van der Waals surface area contributed by atoms with Crippen molar-refractivity contribution in [1.82, 2.24) is 4.98 Å². The number of esters is 1. The molecule has 0 aromatic carbocycles. The van der Waals surface area contributed by atoms with Gasteiger partial charge in [0.2, 0.25) is 0 Å². The van der Waals surface area contributed by atoms with Crippen LogP contribution in [0.1, 0.15) is 51.5 Å². The molecule has 1 rings (SSSR count). The van der Waals surface area contributed by atoms with Crippen LogP contribution in [0, 0.1) is 0 Å². The molecule has 24 heavy (non-hydrogen) atoms. The summed E-state index contributed by atoms with van der Waals surface area (Å²) in [5.41, 5.74) is 1.97. The second-order valence-electron chi connectivity index (χ2n) is 7.37. The predicted octanol–water partition coefficient (Wildman–Crippen LogP) is 5.04. The highest BCUT2D eigenvalue weighted by atomic mass is 79.9. The van der Waals surface area contributed by atoms with Crippen LogP contribution in [0.15, 0.2) is 18.3 Å². The lowest BCUT2D eigenvalue weighted by atomic mass is 10.1. The minimum atomic E-state index is -1.91. The summed E-state index contributed by atoms with van der Waals surface area (Å²) in [6.07, 6.45) is 2.66. The summed E-state index contributed by atoms with van der Waals surface area (Å²) in [7, 11) is -1.91. The number of pyridine rings is 1. The fourth-order valence-electron chi connectivity index (χ4n) is 2.11. The van der Waals surface area contributed by atoms with Gasteiger partial charge in [-0.05, 0) is 43.1 Å². The first-order chi connectivity index (χ1) is 11.1. The number of halogens is 1. The maximum atomic E-state index is 11.7. The number of aryl methyl sites for hydroxylation is 1. The number of nitrogens with zero attached hydrogens (tertiary/aromatic N) is 1. The Hall–Kier alpha value is -0.723. The highest BCUT2D eigenvalue weighted by Crippen LogP contribution is 2.40. The molecule has 0 fully saturated rings. The Morgan fingerprint density at radius 1 is 1.38 bits per heavy atom. The van der Waals surface area contributed by atoms with Gasteiger partial charge >= 0.3 is 5.97 Å². The minimum absolute atomic E-state index is 0.107. The highest BCUT2D eigenvalue weighted by molar-refractivity contribution is 9.09. The van der Waals surface area contributed by atoms with Gasteiger partial charge in [0.25, 0.3) is 0 Å². The van der Waals surface area contributed by atoms with Crippen molar-refractivity contribution in [3.8, 4) is 0 Å². The lowest BCUT2D eigenvalue weighted by Gasteiger charge is -2.39. The molecule has 1 aromatic heterocycles. The van der Waals surface area contributed by atoms with E-state index in [0.29, 0.717) is 24.8 Å². The molecule has 0 aliphatic carbocycles. The number of alkyl halides is 1. The Morgan fingerprint density at radius 2 is 2.04 bits per heavy atom. The zero-order valence-corrected chi connectivity index (χ0v) is 18.3. The summed E-state index contributed by atoms with van der Waals surface area (Å²) in [4.78, 5) is 16.2. The summed E-state index contributed by atoms with van der Waals surface area (Å²) >= 11 is 3.58.